The number of hydrogen-bond donors (Lipinski definition) is 23. The zero-order chi connectivity index (χ0) is 87.9. The molecule has 0 aromatic rings. The lowest BCUT2D eigenvalue weighted by Gasteiger charge is -2.52. The van der Waals surface area contributed by atoms with Crippen molar-refractivity contribution in [3.05, 3.63) is 12.2 Å². The van der Waals surface area contributed by atoms with Crippen molar-refractivity contribution in [1.29, 1.82) is 0 Å². The molecule has 7 saturated heterocycles. The van der Waals surface area contributed by atoms with Crippen LogP contribution >= 0.6 is 0 Å². The number of amides is 3. The van der Waals surface area contributed by atoms with E-state index in [9.17, 15) is 117 Å². The van der Waals surface area contributed by atoms with E-state index in [4.69, 9.17) is 66.3 Å². The van der Waals surface area contributed by atoms with Crippen LogP contribution in [0.5, 0.6) is 0 Å². The van der Waals surface area contributed by atoms with E-state index in [0.717, 1.165) is 65.2 Å². The maximum absolute atomic E-state index is 13.5. The first-order valence-electron chi connectivity index (χ1n) is 43.3. The topological polar surface area (TPSA) is 621 Å². The van der Waals surface area contributed by atoms with Gasteiger partial charge in [0, 0.05) is 20.3 Å². The summed E-state index contributed by atoms with van der Waals surface area (Å²) in [6.07, 6.45) is -34.3. The van der Waals surface area contributed by atoms with Crippen molar-refractivity contribution in [2.45, 2.75) is 429 Å². The molecular weight excluding hydrogens is 1590 g/mol. The number of rotatable bonds is 52. The van der Waals surface area contributed by atoms with Crippen molar-refractivity contribution in [2.75, 3.05) is 46.2 Å². The van der Waals surface area contributed by atoms with Crippen molar-refractivity contribution < 1.29 is 183 Å². The normalized spacial score (nSPS) is 39.4. The second-order valence-electron chi connectivity index (χ2n) is 32.7. The average molecular weight is 1740 g/mol. The van der Waals surface area contributed by atoms with Crippen LogP contribution in [0, 0.1) is 0 Å². The zero-order valence-corrected chi connectivity index (χ0v) is 69.7. The molecule has 37 atom stereocenters. The van der Waals surface area contributed by atoms with Gasteiger partial charge in [-0.1, -0.05) is 167 Å². The summed E-state index contributed by atoms with van der Waals surface area (Å²) in [5, 5.41) is 232. The molecule has 120 heavy (non-hydrogen) atoms. The summed E-state index contributed by atoms with van der Waals surface area (Å²) < 4.78 is 83.9. The van der Waals surface area contributed by atoms with Gasteiger partial charge in [0.2, 0.25) is 17.7 Å². The van der Waals surface area contributed by atoms with Gasteiger partial charge in [-0.25, -0.2) is 0 Å². The molecule has 0 saturated carbocycles. The van der Waals surface area contributed by atoms with Crippen molar-refractivity contribution in [1.82, 2.24) is 16.0 Å². The lowest BCUT2D eigenvalue weighted by atomic mass is 9.93. The van der Waals surface area contributed by atoms with Gasteiger partial charge in [0.05, 0.1) is 64.5 Å². The Morgan fingerprint density at radius 3 is 1.14 bits per heavy atom. The third-order valence-electron chi connectivity index (χ3n) is 23.3. The van der Waals surface area contributed by atoms with E-state index in [1.165, 1.54) is 103 Å². The highest BCUT2D eigenvalue weighted by atomic mass is 16.8. The van der Waals surface area contributed by atoms with Gasteiger partial charge >= 0.3 is 0 Å². The number of hydrogen-bond acceptors (Lipinski definition) is 37. The molecule has 40 heteroatoms. The molecule has 0 bridgehead atoms. The second-order valence-corrected chi connectivity index (χ2v) is 32.7. The summed E-state index contributed by atoms with van der Waals surface area (Å²) in [7, 11) is 0. The smallest absolute Gasteiger partial charge is 0.220 e. The quantitative estimate of drug-likeness (QED) is 0.0202. The van der Waals surface area contributed by atoms with Gasteiger partial charge in [0.1, 0.15) is 165 Å². The molecule has 0 spiro atoms. The molecular formula is C80H143N3O37. The van der Waals surface area contributed by atoms with Crippen molar-refractivity contribution >= 4 is 17.7 Å². The number of unbranched alkanes of at least 4 members (excludes halogenated alkanes) is 23. The summed E-state index contributed by atoms with van der Waals surface area (Å²) in [4.78, 5) is 39.9. The Morgan fingerprint density at radius 2 is 0.683 bits per heavy atom. The van der Waals surface area contributed by atoms with Gasteiger partial charge in [-0.3, -0.25) is 14.4 Å². The van der Waals surface area contributed by atoms with Crippen LogP contribution in [0.2, 0.25) is 0 Å². The van der Waals surface area contributed by atoms with Crippen LogP contribution < -0.4 is 16.0 Å². The first kappa shape index (κ1) is 104. The highest BCUT2D eigenvalue weighted by Crippen LogP contribution is 2.40. The number of nitrogens with one attached hydrogen (secondary N) is 3. The molecule has 23 N–H and O–H groups in total. The standard InChI is InChI=1S/C80H143N3O37/c1-6-8-10-12-14-16-18-20-22-24-26-28-30-32-45(92)44(83-52(93)33-31-29-27-25-23-21-19-17-15-13-11-9-7-2)40-107-76-65(104)62(101)69(50(38-88)114-76)116-80-66(105)72(57(96)47(35-85)111-80)119-74-53(81-42(4)90)59(98)68(49(37-87)112-74)115-79-67(106)73(58(97)48(36-86)110-79)120-75-54(82-43(5)91)71(118-77-63(102)60(99)55(94)41(3)108-77)70(51(39-89)113-75)117-78-64(103)61(100)56(95)46(34-84)109-78/h30,32,41,44-51,53-80,84-89,92,94-106H,6-29,31,33-40H2,1-5H3,(H,81,90)(H,82,91)(H,83,93)/b32-30+/t41?,44-,45+,46?,47?,48?,49?,50?,51?,53?,54?,55+,56-,57-,58-,59+,60?,61-,62+,63-,64?,65?,66?,67?,68+,69+,70+,71+,72-,73-,74-,75-,76+,77+,78-,79-,80-/m0/s1. The number of ether oxygens (including phenoxy) is 14. The minimum absolute atomic E-state index is 0.163. The number of carbonyl (C=O) groups is 3. The summed E-state index contributed by atoms with van der Waals surface area (Å²) in [5.41, 5.74) is 0. The number of aliphatic hydroxyl groups excluding tert-OH is 20. The maximum atomic E-state index is 13.5. The molecule has 0 aromatic heterocycles. The lowest BCUT2D eigenvalue weighted by Crippen LogP contribution is -2.71. The Balaban J connectivity index is 1.03. The average Bonchev–Trinajstić information content (AvgIpc) is 0.763. The van der Waals surface area contributed by atoms with Crippen molar-refractivity contribution in [3.63, 3.8) is 0 Å². The minimum Gasteiger partial charge on any atom is -0.394 e. The van der Waals surface area contributed by atoms with Crippen LogP contribution in [-0.4, -0.2) is 393 Å². The van der Waals surface area contributed by atoms with Crippen LogP contribution in [0.1, 0.15) is 202 Å². The molecule has 0 aliphatic carbocycles. The van der Waals surface area contributed by atoms with E-state index in [0.29, 0.717) is 12.8 Å². The molecule has 7 fully saturated rings. The lowest BCUT2D eigenvalue weighted by molar-refractivity contribution is -0.393. The fourth-order valence-corrected chi connectivity index (χ4v) is 16.2. The Labute approximate surface area is 700 Å². The van der Waals surface area contributed by atoms with E-state index in [1.54, 1.807) is 6.08 Å². The Kier molecular flexibility index (Phi) is 46.3. The van der Waals surface area contributed by atoms with Gasteiger partial charge in [-0.05, 0) is 26.2 Å². The highest BCUT2D eigenvalue weighted by Gasteiger charge is 2.60. The molecule has 7 aliphatic rings. The monoisotopic (exact) mass is 1740 g/mol. The van der Waals surface area contributed by atoms with Gasteiger partial charge in [0.15, 0.2) is 44.0 Å². The predicted molar refractivity (Wildman–Crippen MR) is 416 cm³/mol. The summed E-state index contributed by atoms with van der Waals surface area (Å²) in [6, 6.07) is -4.85. The Hall–Kier alpha value is -3.21. The van der Waals surface area contributed by atoms with E-state index < -0.39 is 285 Å². The summed E-state index contributed by atoms with van der Waals surface area (Å²) >= 11 is 0. The van der Waals surface area contributed by atoms with Gasteiger partial charge in [-0.15, -0.1) is 0 Å². The van der Waals surface area contributed by atoms with Crippen LogP contribution in [0.3, 0.4) is 0 Å². The summed E-state index contributed by atoms with van der Waals surface area (Å²) in [5.74, 6) is -2.16. The third kappa shape index (κ3) is 29.7. The molecule has 0 radical (unpaired) electrons. The molecule has 40 nitrogen and oxygen atoms in total. The van der Waals surface area contributed by atoms with Crippen LogP contribution in [0.15, 0.2) is 12.2 Å². The maximum Gasteiger partial charge on any atom is 0.220 e. The third-order valence-corrected chi connectivity index (χ3v) is 23.3. The number of carbonyl (C=O) groups excluding carboxylic acids is 3. The molecule has 3 amide bonds. The molecule has 7 aliphatic heterocycles. The van der Waals surface area contributed by atoms with Gasteiger partial charge in [0.25, 0.3) is 0 Å². The van der Waals surface area contributed by atoms with Gasteiger partial charge in [-0.2, -0.15) is 0 Å². The van der Waals surface area contributed by atoms with Crippen molar-refractivity contribution in [2.24, 2.45) is 0 Å². The predicted octanol–water partition coefficient (Wildman–Crippen LogP) is -4.35. The minimum atomic E-state index is -2.34. The van der Waals surface area contributed by atoms with Crippen LogP contribution in [-0.2, 0) is 80.7 Å². The van der Waals surface area contributed by atoms with Crippen molar-refractivity contribution in [3.8, 4) is 0 Å². The largest absolute Gasteiger partial charge is 0.394 e. The Bertz CT molecular complexity index is 2870. The van der Waals surface area contributed by atoms with Crippen LogP contribution in [0.4, 0.5) is 0 Å². The molecule has 700 valence electrons. The SMILES string of the molecule is CCCCCCCCCCCCC/C=C/[C@@H](O)[C@H](CO[C@@H]1OC(CO)[C@@H](O[C@@H]2OC(CO)[C@H](O)[C@H](O[C@@H]3OC(CO)[C@@H](O[C@@H]4OC(CO)[C@H](O)[C@H](O[C@@H]5OC(CO)[C@@H](O[C@@H]6OC(CO)[C@H](O)[C@H](O)C6O)[C@H](O[C@H]6OC(C)[C@@H](O)C(O)[C@@H]6O)C5NC(C)=O)C4O)[C@H](O)C3NC(C)=O)C2O)[C@H](O)C1O)NC(=O)CCCCCCCCCCCCCCC. The summed E-state index contributed by atoms with van der Waals surface area (Å²) in [6.45, 7) is 0.962. The van der Waals surface area contributed by atoms with E-state index in [1.807, 2.05) is 6.08 Å². The fourth-order valence-electron chi connectivity index (χ4n) is 16.2. The fraction of sp³-hybridized carbons (Fsp3) is 0.938. The zero-order valence-electron chi connectivity index (χ0n) is 69.7. The van der Waals surface area contributed by atoms with Crippen LogP contribution in [0.25, 0.3) is 0 Å². The molecule has 7 heterocycles. The van der Waals surface area contributed by atoms with Gasteiger partial charge < -0.3 is 184 Å². The first-order valence-corrected chi connectivity index (χ1v) is 43.3. The molecule has 7 rings (SSSR count). The second kappa shape index (κ2) is 53.6. The van der Waals surface area contributed by atoms with E-state index in [2.05, 4.69) is 29.8 Å². The molecule has 0 aromatic carbocycles. The van der Waals surface area contributed by atoms with E-state index in [-0.39, 0.29) is 12.3 Å². The number of aliphatic hydroxyl groups is 20. The Morgan fingerprint density at radius 1 is 0.342 bits per heavy atom. The molecule has 14 unspecified atom stereocenters. The highest BCUT2D eigenvalue weighted by molar-refractivity contribution is 5.76. The number of allylic oxidation sites excluding steroid dienone is 1. The first-order chi connectivity index (χ1) is 57.5. The van der Waals surface area contributed by atoms with E-state index >= 15 is 0 Å².